The molecule has 0 fully saturated rings. The molecule has 0 N–H and O–H groups in total. The fourth-order valence-electron chi connectivity index (χ4n) is 0.767. The van der Waals surface area contributed by atoms with Crippen LogP contribution in [0.3, 0.4) is 0 Å². The molecular weight excluding hydrogens is 339 g/mol. The number of hydrogen-bond acceptors (Lipinski definition) is 4. The van der Waals surface area contributed by atoms with Gasteiger partial charge in [-0.3, -0.25) is 0 Å². The van der Waals surface area contributed by atoms with Crippen LogP contribution in [-0.2, 0) is 11.8 Å². The predicted octanol–water partition coefficient (Wildman–Crippen LogP) is 4.13. The molecule has 0 unspecified atom stereocenters. The highest BCUT2D eigenvalue weighted by atomic mass is 79.9. The highest BCUT2D eigenvalue weighted by Crippen LogP contribution is 2.52. The number of phosphoric acid groups is 1. The van der Waals surface area contributed by atoms with Gasteiger partial charge >= 0.3 is 7.82 Å². The van der Waals surface area contributed by atoms with E-state index in [1.165, 1.54) is 0 Å². The summed E-state index contributed by atoms with van der Waals surface area (Å²) in [6.07, 6.45) is 0. The number of benzene rings is 1. The van der Waals surface area contributed by atoms with Crippen LogP contribution < -0.4 is 4.52 Å². The van der Waals surface area contributed by atoms with Crippen molar-refractivity contribution in [3.05, 3.63) is 29.8 Å². The molecule has 0 heterocycles. The number of halogens is 2. The van der Waals surface area contributed by atoms with Crippen LogP contribution in [0, 0.1) is 6.92 Å². The minimum atomic E-state index is -3.58. The Bertz CT molecular complexity index is 332. The van der Waals surface area contributed by atoms with E-state index in [2.05, 4.69) is 39.7 Å². The number of aryl methyl sites for hydroxylation is 1. The summed E-state index contributed by atoms with van der Waals surface area (Å²) in [5.74, 6) is 0.401. The van der Waals surface area contributed by atoms with Crippen LogP contribution in [0.15, 0.2) is 24.3 Å². The fraction of sp³-hybridized carbons (Fsp3) is 0.143. The first-order valence-electron chi connectivity index (χ1n) is 3.56. The van der Waals surface area contributed by atoms with Gasteiger partial charge < -0.3 is 4.52 Å². The molecule has 0 aliphatic heterocycles. The Labute approximate surface area is 99.1 Å². The van der Waals surface area contributed by atoms with Gasteiger partial charge in [-0.1, -0.05) is 17.7 Å². The summed E-state index contributed by atoms with van der Waals surface area (Å²) < 4.78 is 25.2. The summed E-state index contributed by atoms with van der Waals surface area (Å²) in [7, 11) is -3.58. The molecule has 0 saturated carbocycles. The average molecular weight is 346 g/mol. The van der Waals surface area contributed by atoms with Crippen LogP contribution in [0.1, 0.15) is 5.56 Å². The zero-order valence-corrected chi connectivity index (χ0v) is 11.2. The van der Waals surface area contributed by atoms with Crippen LogP contribution >= 0.6 is 40.3 Å². The predicted molar refractivity (Wildman–Crippen MR) is 59.4 cm³/mol. The zero-order valence-electron chi connectivity index (χ0n) is 7.15. The largest absolute Gasteiger partial charge is 0.552 e. The highest BCUT2D eigenvalue weighted by Gasteiger charge is 2.27. The fourth-order valence-corrected chi connectivity index (χ4v) is 2.41. The van der Waals surface area contributed by atoms with Crippen LogP contribution in [0.25, 0.3) is 0 Å². The molecule has 0 spiro atoms. The first kappa shape index (κ1) is 12.2. The van der Waals surface area contributed by atoms with Gasteiger partial charge in [-0.15, -0.1) is 0 Å². The Morgan fingerprint density at radius 2 is 1.64 bits per heavy atom. The van der Waals surface area contributed by atoms with E-state index < -0.39 is 7.82 Å². The molecule has 0 aliphatic rings. The summed E-state index contributed by atoms with van der Waals surface area (Å²) in [4.78, 5) is 0. The third kappa shape index (κ3) is 3.37. The van der Waals surface area contributed by atoms with E-state index in [9.17, 15) is 4.57 Å². The van der Waals surface area contributed by atoms with E-state index >= 15 is 0 Å². The second-order valence-electron chi connectivity index (χ2n) is 2.49. The molecule has 0 bridgehead atoms. The van der Waals surface area contributed by atoms with E-state index in [1.54, 1.807) is 12.1 Å². The SMILES string of the molecule is Cc1ccc(OP(=O)(OBr)OBr)cc1. The van der Waals surface area contributed by atoms with Gasteiger partial charge in [-0.05, 0) is 19.1 Å². The van der Waals surface area contributed by atoms with Crippen molar-refractivity contribution in [2.75, 3.05) is 0 Å². The molecule has 1 aromatic carbocycles. The molecule has 0 aromatic heterocycles. The summed E-state index contributed by atoms with van der Waals surface area (Å²) in [5.41, 5.74) is 1.08. The van der Waals surface area contributed by atoms with Crippen molar-refractivity contribution >= 4 is 40.3 Å². The van der Waals surface area contributed by atoms with Crippen molar-refractivity contribution in [1.29, 1.82) is 0 Å². The molecule has 0 amide bonds. The average Bonchev–Trinajstić information content (AvgIpc) is 2.21. The maximum Gasteiger partial charge on any atom is 0.552 e. The molecular formula is C7H7Br2O4P. The topological polar surface area (TPSA) is 44.8 Å². The lowest BCUT2D eigenvalue weighted by Gasteiger charge is -2.11. The van der Waals surface area contributed by atoms with E-state index in [-0.39, 0.29) is 0 Å². The molecule has 0 saturated heterocycles. The van der Waals surface area contributed by atoms with E-state index in [1.807, 2.05) is 19.1 Å². The highest BCUT2D eigenvalue weighted by molar-refractivity contribution is 9.07. The van der Waals surface area contributed by atoms with Crippen LogP contribution in [0.2, 0.25) is 0 Å². The maximum absolute atomic E-state index is 11.4. The normalized spacial score (nSPS) is 11.4. The van der Waals surface area contributed by atoms with Gasteiger partial charge in [-0.2, -0.15) is 7.23 Å². The third-order valence-electron chi connectivity index (χ3n) is 1.41. The van der Waals surface area contributed by atoms with Crippen molar-refractivity contribution in [3.63, 3.8) is 0 Å². The monoisotopic (exact) mass is 344 g/mol. The molecule has 1 aromatic rings. The molecule has 0 aliphatic carbocycles. The lowest BCUT2D eigenvalue weighted by atomic mass is 10.2. The second kappa shape index (κ2) is 5.28. The molecule has 4 nitrogen and oxygen atoms in total. The summed E-state index contributed by atoms with van der Waals surface area (Å²) >= 11 is 5.12. The summed E-state index contributed by atoms with van der Waals surface area (Å²) in [6, 6.07) is 6.98. The van der Waals surface area contributed by atoms with E-state index in [0.717, 1.165) is 5.56 Å². The summed E-state index contributed by atoms with van der Waals surface area (Å²) in [5, 5.41) is 0. The lowest BCUT2D eigenvalue weighted by Crippen LogP contribution is -1.92. The van der Waals surface area contributed by atoms with Gasteiger partial charge in [-0.25, -0.2) is 4.57 Å². The van der Waals surface area contributed by atoms with Crippen LogP contribution in [-0.4, -0.2) is 0 Å². The minimum absolute atomic E-state index is 0.401. The van der Waals surface area contributed by atoms with Crippen molar-refractivity contribution in [2.45, 2.75) is 6.92 Å². The Kier molecular flexibility index (Phi) is 4.60. The molecule has 78 valence electrons. The number of rotatable bonds is 4. The van der Waals surface area contributed by atoms with Gasteiger partial charge in [0.25, 0.3) is 0 Å². The van der Waals surface area contributed by atoms with E-state index in [0.29, 0.717) is 5.75 Å². The first-order valence-corrected chi connectivity index (χ1v) is 6.32. The van der Waals surface area contributed by atoms with Crippen molar-refractivity contribution in [2.24, 2.45) is 0 Å². The van der Waals surface area contributed by atoms with Gasteiger partial charge in [0, 0.05) is 0 Å². The minimum Gasteiger partial charge on any atom is -0.403 e. The third-order valence-corrected chi connectivity index (χ3v) is 4.31. The standard InChI is InChI=1S/C7H7Br2O4P/c1-6-2-4-7(5-3-6)11-14(10,12-8)13-9/h2-5H,1H3. The summed E-state index contributed by atoms with van der Waals surface area (Å²) in [6.45, 7) is 1.94. The molecule has 0 atom stereocenters. The molecule has 7 heteroatoms. The van der Waals surface area contributed by atoms with E-state index in [4.69, 9.17) is 4.52 Å². The quantitative estimate of drug-likeness (QED) is 0.769. The second-order valence-corrected chi connectivity index (χ2v) is 5.58. The Morgan fingerprint density at radius 3 is 2.07 bits per heavy atom. The van der Waals surface area contributed by atoms with Gasteiger partial charge in [0.05, 0.1) is 0 Å². The van der Waals surface area contributed by atoms with Crippen molar-refractivity contribution in [3.8, 4) is 5.75 Å². The zero-order chi connectivity index (χ0) is 10.6. The molecule has 1 rings (SSSR count). The van der Waals surface area contributed by atoms with Gasteiger partial charge in [0.2, 0.25) is 0 Å². The molecule has 0 radical (unpaired) electrons. The smallest absolute Gasteiger partial charge is 0.403 e. The molecule has 14 heavy (non-hydrogen) atoms. The maximum atomic E-state index is 11.4. The lowest BCUT2D eigenvalue weighted by molar-refractivity contribution is 0.342. The van der Waals surface area contributed by atoms with Gasteiger partial charge in [0.15, 0.2) is 0 Å². The van der Waals surface area contributed by atoms with Crippen LogP contribution in [0.5, 0.6) is 5.75 Å². The first-order chi connectivity index (χ1) is 6.59. The van der Waals surface area contributed by atoms with Crippen molar-refractivity contribution < 1.29 is 16.3 Å². The Morgan fingerprint density at radius 1 is 1.14 bits per heavy atom. The Balaban J connectivity index is 2.78. The Hall–Kier alpha value is 0.130. The van der Waals surface area contributed by atoms with Crippen molar-refractivity contribution in [1.82, 2.24) is 0 Å². The number of hydrogen-bond donors (Lipinski definition) is 0. The van der Waals surface area contributed by atoms with Crippen LogP contribution in [0.4, 0.5) is 0 Å². The van der Waals surface area contributed by atoms with Gasteiger partial charge in [0.1, 0.15) is 38.3 Å².